The van der Waals surface area contributed by atoms with Gasteiger partial charge in [0.2, 0.25) is 0 Å². The number of anilines is 1. The molecule has 5 heterocycles. The van der Waals surface area contributed by atoms with Crippen LogP contribution in [0, 0.1) is 6.92 Å². The van der Waals surface area contributed by atoms with Crippen LogP contribution in [0.3, 0.4) is 0 Å². The van der Waals surface area contributed by atoms with E-state index in [2.05, 4.69) is 72.5 Å². The number of rotatable bonds is 3. The predicted molar refractivity (Wildman–Crippen MR) is 178 cm³/mol. The quantitative estimate of drug-likeness (QED) is 0.240. The van der Waals surface area contributed by atoms with Gasteiger partial charge in [-0.3, -0.25) is 0 Å². The first kappa shape index (κ1) is 31.0. The minimum absolute atomic E-state index is 0.272. The number of fused-ring (bicyclic) bond motifs is 7. The highest BCUT2D eigenvalue weighted by atomic mass is 16.5. The van der Waals surface area contributed by atoms with Crippen LogP contribution in [0.25, 0.3) is 28.0 Å². The molecule has 1 saturated heterocycles. The van der Waals surface area contributed by atoms with Gasteiger partial charge in [-0.05, 0) is 89.5 Å². The number of carboxylic acid groups (broad SMARTS) is 1. The molecule has 2 aromatic heterocycles. The Morgan fingerprint density at radius 2 is 1.80 bits per heavy atom. The lowest BCUT2D eigenvalue weighted by atomic mass is 9.92. The summed E-state index contributed by atoms with van der Waals surface area (Å²) >= 11 is 0. The number of allylic oxidation sites excluding steroid dienone is 1. The number of aliphatic carboxylic acids is 1. The molecule has 0 aliphatic carbocycles. The summed E-state index contributed by atoms with van der Waals surface area (Å²) in [4.78, 5) is 19.9. The maximum Gasteiger partial charge on any atom is 0.337 e. The maximum atomic E-state index is 12.8. The molecule has 1 fully saturated rings. The molecule has 8 nitrogen and oxygen atoms in total. The Balaban J connectivity index is 1.53. The zero-order valence-corrected chi connectivity index (χ0v) is 27.0. The molecule has 8 heteroatoms. The zero-order chi connectivity index (χ0) is 31.8. The normalized spacial score (nSPS) is 18.5. The number of aromatic nitrogens is 3. The van der Waals surface area contributed by atoms with Crippen molar-refractivity contribution in [3.63, 3.8) is 0 Å². The molecule has 0 spiro atoms. The summed E-state index contributed by atoms with van der Waals surface area (Å²) in [5.41, 5.74) is 6.34. The highest BCUT2D eigenvalue weighted by Crippen LogP contribution is 2.39. The molecule has 4 aromatic rings. The number of hydrogen-bond donors (Lipinski definition) is 1. The molecule has 3 aliphatic heterocycles. The van der Waals surface area contributed by atoms with E-state index in [-0.39, 0.29) is 5.60 Å². The summed E-state index contributed by atoms with van der Waals surface area (Å²) in [6.45, 7) is 11.6. The number of hydrogen-bond acceptors (Lipinski definition) is 6. The molecule has 3 aliphatic rings. The summed E-state index contributed by atoms with van der Waals surface area (Å²) in [5, 5.41) is 15.6. The second kappa shape index (κ2) is 12.4. The van der Waals surface area contributed by atoms with Crippen LogP contribution in [0.2, 0.25) is 0 Å². The van der Waals surface area contributed by atoms with E-state index in [4.69, 9.17) is 19.6 Å². The average Bonchev–Trinajstić information content (AvgIpc) is 3.42. The molecule has 0 amide bonds. The SMILES string of the molecule is Cc1nc2cc3nn2c(c1[C@H](OC(C)(C)C)C(=O)O)N1CCC(C)(CC1)OC/C=C\CCCc1ccccc1-c1cccc-3c1. The summed E-state index contributed by atoms with van der Waals surface area (Å²) in [6, 6.07) is 19.1. The third-order valence-corrected chi connectivity index (χ3v) is 8.88. The van der Waals surface area contributed by atoms with Gasteiger partial charge in [0.25, 0.3) is 0 Å². The van der Waals surface area contributed by atoms with E-state index in [1.807, 2.05) is 38.3 Å². The first-order valence-corrected chi connectivity index (χ1v) is 16.0. The van der Waals surface area contributed by atoms with Crippen LogP contribution < -0.4 is 4.90 Å². The van der Waals surface area contributed by atoms with Gasteiger partial charge in [-0.15, -0.1) is 0 Å². The number of aryl methyl sites for hydroxylation is 2. The second-order valence-electron chi connectivity index (χ2n) is 13.5. The fourth-order valence-electron chi connectivity index (χ4n) is 6.50. The van der Waals surface area contributed by atoms with Gasteiger partial charge in [0.05, 0.1) is 29.1 Å². The number of piperidine rings is 1. The largest absolute Gasteiger partial charge is 0.479 e. The number of carbonyl (C=O) groups is 1. The molecule has 0 radical (unpaired) electrons. The first-order valence-electron chi connectivity index (χ1n) is 16.0. The zero-order valence-electron chi connectivity index (χ0n) is 27.0. The van der Waals surface area contributed by atoms with Crippen molar-refractivity contribution in [2.24, 2.45) is 0 Å². The van der Waals surface area contributed by atoms with Crippen LogP contribution in [0.4, 0.5) is 5.82 Å². The number of ether oxygens (including phenoxy) is 2. The highest BCUT2D eigenvalue weighted by molar-refractivity contribution is 5.79. The molecular weight excluding hydrogens is 564 g/mol. The Kier molecular flexibility index (Phi) is 8.55. The van der Waals surface area contributed by atoms with Crippen LogP contribution >= 0.6 is 0 Å². The Hall–Kier alpha value is -4.01. The summed E-state index contributed by atoms with van der Waals surface area (Å²) in [5.74, 6) is -0.328. The predicted octanol–water partition coefficient (Wildman–Crippen LogP) is 7.58. The van der Waals surface area contributed by atoms with E-state index < -0.39 is 17.7 Å². The van der Waals surface area contributed by atoms with E-state index in [9.17, 15) is 9.90 Å². The van der Waals surface area contributed by atoms with Gasteiger partial charge in [0.15, 0.2) is 11.8 Å². The molecule has 0 saturated carbocycles. The number of nitrogens with zero attached hydrogens (tertiary/aromatic N) is 4. The molecule has 236 valence electrons. The molecule has 45 heavy (non-hydrogen) atoms. The molecular formula is C37H44N4O4. The van der Waals surface area contributed by atoms with Crippen LogP contribution in [0.1, 0.15) is 76.3 Å². The lowest BCUT2D eigenvalue weighted by Gasteiger charge is -2.41. The van der Waals surface area contributed by atoms with Crippen molar-refractivity contribution < 1.29 is 19.4 Å². The first-order chi connectivity index (χ1) is 21.5. The van der Waals surface area contributed by atoms with Crippen LogP contribution in [-0.2, 0) is 20.7 Å². The molecule has 2 aromatic carbocycles. The molecule has 7 rings (SSSR count). The van der Waals surface area contributed by atoms with Gasteiger partial charge >= 0.3 is 5.97 Å². The third-order valence-electron chi connectivity index (χ3n) is 8.88. The smallest absolute Gasteiger partial charge is 0.337 e. The van der Waals surface area contributed by atoms with Crippen molar-refractivity contribution in [3.8, 4) is 22.4 Å². The lowest BCUT2D eigenvalue weighted by Crippen LogP contribution is -2.45. The summed E-state index contributed by atoms with van der Waals surface area (Å²) < 4.78 is 14.4. The van der Waals surface area contributed by atoms with E-state index in [0.29, 0.717) is 36.6 Å². The fraction of sp³-hybridized carbons (Fsp3) is 0.432. The number of carboxylic acids is 1. The van der Waals surface area contributed by atoms with Crippen molar-refractivity contribution in [1.29, 1.82) is 0 Å². The fourth-order valence-corrected chi connectivity index (χ4v) is 6.50. The van der Waals surface area contributed by atoms with Crippen molar-refractivity contribution in [1.82, 2.24) is 14.6 Å². The molecule has 6 bridgehead atoms. The van der Waals surface area contributed by atoms with Crippen LogP contribution in [0.15, 0.2) is 66.7 Å². The topological polar surface area (TPSA) is 89.2 Å². The van der Waals surface area contributed by atoms with Crippen molar-refractivity contribution in [2.75, 3.05) is 24.6 Å². The second-order valence-corrected chi connectivity index (χ2v) is 13.5. The Bertz CT molecular complexity index is 1730. The van der Waals surface area contributed by atoms with E-state index in [1.54, 1.807) is 0 Å². The van der Waals surface area contributed by atoms with E-state index in [1.165, 1.54) is 11.1 Å². The standard InChI is InChI=1S/C37H44N4O4/c1-25-32(33(35(42)43)45-36(2,3)4)34-40-20-18-37(5,19-21-40)44-22-11-7-6-8-13-26-14-9-10-17-29(26)27-15-12-16-28(23-27)30-24-31(38-25)41(34)39-30/h7,9-12,14-17,23-24,33H,6,8,13,18-22H2,1-5H3,(H,42,43)/b11-7-/t33-/m0/s1. The highest BCUT2D eigenvalue weighted by Gasteiger charge is 2.37. The monoisotopic (exact) mass is 608 g/mol. The Labute approximate surface area is 265 Å². The maximum absolute atomic E-state index is 12.8. The van der Waals surface area contributed by atoms with Crippen molar-refractivity contribution in [2.45, 2.75) is 84.0 Å². The summed E-state index contributed by atoms with van der Waals surface area (Å²) in [7, 11) is 0. The van der Waals surface area contributed by atoms with Crippen molar-refractivity contribution >= 4 is 17.4 Å². The summed E-state index contributed by atoms with van der Waals surface area (Å²) in [6.07, 6.45) is 7.83. The van der Waals surface area contributed by atoms with Gasteiger partial charge in [-0.1, -0.05) is 54.6 Å². The Morgan fingerprint density at radius 1 is 1.04 bits per heavy atom. The van der Waals surface area contributed by atoms with E-state index in [0.717, 1.165) is 54.7 Å². The van der Waals surface area contributed by atoms with Gasteiger partial charge in [0.1, 0.15) is 5.82 Å². The average molecular weight is 609 g/mol. The molecule has 1 N–H and O–H groups in total. The van der Waals surface area contributed by atoms with Crippen LogP contribution in [-0.4, -0.2) is 56.6 Å². The van der Waals surface area contributed by atoms with Gasteiger partial charge in [-0.2, -0.15) is 9.61 Å². The minimum Gasteiger partial charge on any atom is -0.479 e. The van der Waals surface area contributed by atoms with Crippen molar-refractivity contribution in [3.05, 3.63) is 83.6 Å². The van der Waals surface area contributed by atoms with Crippen LogP contribution in [0.5, 0.6) is 0 Å². The van der Waals surface area contributed by atoms with E-state index >= 15 is 0 Å². The lowest BCUT2D eigenvalue weighted by molar-refractivity contribution is -0.160. The van der Waals surface area contributed by atoms with Gasteiger partial charge in [0, 0.05) is 30.4 Å². The molecule has 0 unspecified atom stereocenters. The molecule has 1 atom stereocenters. The number of benzene rings is 2. The minimum atomic E-state index is -1.20. The third kappa shape index (κ3) is 6.67. The van der Waals surface area contributed by atoms with Gasteiger partial charge in [-0.25, -0.2) is 9.78 Å². The Morgan fingerprint density at radius 3 is 2.56 bits per heavy atom. The van der Waals surface area contributed by atoms with Gasteiger partial charge < -0.3 is 19.5 Å².